The molecule has 0 saturated heterocycles. The molecule has 3 heteroatoms. The standard InChI is InChI=1S/C11H10ClNO/c1-8-3-2-4-9(10(8)12)11(5-6-11)13-7-14/h2-4H,5-6H2,1H3. The zero-order chi connectivity index (χ0) is 10.2. The van der Waals surface area contributed by atoms with Gasteiger partial charge < -0.3 is 0 Å². The third-order valence-electron chi connectivity index (χ3n) is 2.68. The second-order valence-electron chi connectivity index (χ2n) is 3.67. The highest BCUT2D eigenvalue weighted by Crippen LogP contribution is 2.51. The second kappa shape index (κ2) is 3.23. The van der Waals surface area contributed by atoms with Crippen LogP contribution in [0.4, 0.5) is 0 Å². The highest BCUT2D eigenvalue weighted by atomic mass is 35.5. The van der Waals surface area contributed by atoms with Gasteiger partial charge in [-0.15, -0.1) is 0 Å². The van der Waals surface area contributed by atoms with Crippen LogP contribution in [0.25, 0.3) is 0 Å². The third kappa shape index (κ3) is 1.37. The lowest BCUT2D eigenvalue weighted by Gasteiger charge is -2.11. The third-order valence-corrected chi connectivity index (χ3v) is 3.18. The summed E-state index contributed by atoms with van der Waals surface area (Å²) in [6.07, 6.45) is 3.42. The van der Waals surface area contributed by atoms with Crippen LogP contribution in [0.3, 0.4) is 0 Å². The maximum atomic E-state index is 10.3. The van der Waals surface area contributed by atoms with Crippen LogP contribution < -0.4 is 0 Å². The van der Waals surface area contributed by atoms with E-state index in [0.717, 1.165) is 29.0 Å². The van der Waals surface area contributed by atoms with Crippen LogP contribution in [0.1, 0.15) is 24.0 Å². The van der Waals surface area contributed by atoms with Crippen LogP contribution >= 0.6 is 11.6 Å². The van der Waals surface area contributed by atoms with Gasteiger partial charge in [0.1, 0.15) is 0 Å². The predicted molar refractivity (Wildman–Crippen MR) is 55.2 cm³/mol. The first-order valence-electron chi connectivity index (χ1n) is 4.54. The van der Waals surface area contributed by atoms with Gasteiger partial charge in [0.15, 0.2) is 0 Å². The minimum Gasteiger partial charge on any atom is -0.211 e. The van der Waals surface area contributed by atoms with E-state index in [9.17, 15) is 4.79 Å². The molecule has 2 rings (SSSR count). The minimum atomic E-state index is -0.356. The largest absolute Gasteiger partial charge is 0.235 e. The lowest BCUT2D eigenvalue weighted by atomic mass is 10.0. The number of hydrogen-bond donors (Lipinski definition) is 0. The molecule has 0 N–H and O–H groups in total. The molecule has 0 unspecified atom stereocenters. The van der Waals surface area contributed by atoms with E-state index in [4.69, 9.17) is 11.6 Å². The molecule has 0 aromatic heterocycles. The zero-order valence-electron chi connectivity index (χ0n) is 7.88. The van der Waals surface area contributed by atoms with Crippen molar-refractivity contribution in [1.82, 2.24) is 0 Å². The van der Waals surface area contributed by atoms with Crippen molar-refractivity contribution in [3.63, 3.8) is 0 Å². The summed E-state index contributed by atoms with van der Waals surface area (Å²) in [7, 11) is 0. The van der Waals surface area contributed by atoms with Gasteiger partial charge in [-0.1, -0.05) is 29.8 Å². The lowest BCUT2D eigenvalue weighted by molar-refractivity contribution is 0.556. The van der Waals surface area contributed by atoms with Gasteiger partial charge >= 0.3 is 0 Å². The molecular weight excluding hydrogens is 198 g/mol. The van der Waals surface area contributed by atoms with Gasteiger partial charge in [-0.05, 0) is 30.9 Å². The molecule has 0 bridgehead atoms. The van der Waals surface area contributed by atoms with E-state index in [1.54, 1.807) is 6.08 Å². The fourth-order valence-electron chi connectivity index (χ4n) is 1.65. The molecule has 0 heterocycles. The van der Waals surface area contributed by atoms with Crippen molar-refractivity contribution in [2.45, 2.75) is 25.3 Å². The van der Waals surface area contributed by atoms with Gasteiger partial charge in [0.2, 0.25) is 6.08 Å². The predicted octanol–water partition coefficient (Wildman–Crippen LogP) is 2.97. The highest BCUT2D eigenvalue weighted by molar-refractivity contribution is 6.32. The van der Waals surface area contributed by atoms with E-state index in [2.05, 4.69) is 4.99 Å². The molecule has 0 radical (unpaired) electrons. The number of hydrogen-bond acceptors (Lipinski definition) is 2. The van der Waals surface area contributed by atoms with Gasteiger partial charge in [0, 0.05) is 5.02 Å². The summed E-state index contributed by atoms with van der Waals surface area (Å²) >= 11 is 6.16. The Kier molecular flexibility index (Phi) is 2.18. The number of isocyanates is 1. The van der Waals surface area contributed by atoms with Crippen LogP contribution in [0, 0.1) is 6.92 Å². The average Bonchev–Trinajstić information content (AvgIpc) is 2.91. The summed E-state index contributed by atoms with van der Waals surface area (Å²) in [6.45, 7) is 1.95. The van der Waals surface area contributed by atoms with Gasteiger partial charge in [-0.25, -0.2) is 4.79 Å². The van der Waals surface area contributed by atoms with Gasteiger partial charge in [0.05, 0.1) is 5.54 Å². The molecule has 72 valence electrons. The SMILES string of the molecule is Cc1cccc(C2(N=C=O)CC2)c1Cl. The van der Waals surface area contributed by atoms with Gasteiger partial charge in [-0.2, -0.15) is 4.99 Å². The summed E-state index contributed by atoms with van der Waals surface area (Å²) < 4.78 is 0. The fourth-order valence-corrected chi connectivity index (χ4v) is 1.96. The molecule has 1 aliphatic rings. The fraction of sp³-hybridized carbons (Fsp3) is 0.364. The summed E-state index contributed by atoms with van der Waals surface area (Å²) in [5.74, 6) is 0. The van der Waals surface area contributed by atoms with Crippen molar-refractivity contribution in [2.24, 2.45) is 4.99 Å². The second-order valence-corrected chi connectivity index (χ2v) is 4.05. The van der Waals surface area contributed by atoms with E-state index in [-0.39, 0.29) is 5.54 Å². The smallest absolute Gasteiger partial charge is 0.211 e. The van der Waals surface area contributed by atoms with Crippen LogP contribution in [0.15, 0.2) is 23.2 Å². The summed E-state index contributed by atoms with van der Waals surface area (Å²) in [5.41, 5.74) is 1.63. The number of carbonyl (C=O) groups excluding carboxylic acids is 1. The van der Waals surface area contributed by atoms with Gasteiger partial charge in [0.25, 0.3) is 0 Å². The van der Waals surface area contributed by atoms with Crippen molar-refractivity contribution in [3.8, 4) is 0 Å². The Morgan fingerprint density at radius 3 is 2.79 bits per heavy atom. The van der Waals surface area contributed by atoms with Crippen LogP contribution in [0.2, 0.25) is 5.02 Å². The molecule has 0 spiro atoms. The van der Waals surface area contributed by atoms with Crippen molar-refractivity contribution in [2.75, 3.05) is 0 Å². The number of nitrogens with zero attached hydrogens (tertiary/aromatic N) is 1. The maximum absolute atomic E-state index is 10.3. The van der Waals surface area contributed by atoms with Crippen LogP contribution in [0.5, 0.6) is 0 Å². The molecular formula is C11H10ClNO. The summed E-state index contributed by atoms with van der Waals surface area (Å²) in [4.78, 5) is 14.1. The molecule has 14 heavy (non-hydrogen) atoms. The lowest BCUT2D eigenvalue weighted by Crippen LogP contribution is -2.03. The maximum Gasteiger partial charge on any atom is 0.235 e. The van der Waals surface area contributed by atoms with E-state index >= 15 is 0 Å². The first-order chi connectivity index (χ1) is 6.69. The molecule has 1 saturated carbocycles. The first-order valence-corrected chi connectivity index (χ1v) is 4.92. The van der Waals surface area contributed by atoms with Crippen molar-refractivity contribution >= 4 is 17.7 Å². The minimum absolute atomic E-state index is 0.356. The quantitative estimate of drug-likeness (QED) is 0.542. The topological polar surface area (TPSA) is 29.4 Å². The molecule has 1 fully saturated rings. The molecule has 1 aliphatic carbocycles. The van der Waals surface area contributed by atoms with E-state index in [1.165, 1.54) is 0 Å². The molecule has 2 nitrogen and oxygen atoms in total. The molecule has 0 amide bonds. The average molecular weight is 208 g/mol. The Hall–Kier alpha value is -1.11. The number of halogens is 1. The van der Waals surface area contributed by atoms with E-state index in [0.29, 0.717) is 0 Å². The van der Waals surface area contributed by atoms with Crippen LogP contribution in [-0.4, -0.2) is 6.08 Å². The van der Waals surface area contributed by atoms with Gasteiger partial charge in [-0.3, -0.25) is 0 Å². The Labute approximate surface area is 87.6 Å². The van der Waals surface area contributed by atoms with Crippen LogP contribution in [-0.2, 0) is 10.3 Å². The van der Waals surface area contributed by atoms with Crippen molar-refractivity contribution in [1.29, 1.82) is 0 Å². The Balaban J connectivity index is 2.52. The van der Waals surface area contributed by atoms with Crippen molar-refractivity contribution in [3.05, 3.63) is 34.3 Å². The summed E-state index contributed by atoms with van der Waals surface area (Å²) in [5, 5.41) is 0.726. The molecule has 0 aliphatic heterocycles. The summed E-state index contributed by atoms with van der Waals surface area (Å²) in [6, 6.07) is 5.83. The Morgan fingerprint density at radius 1 is 1.50 bits per heavy atom. The molecule has 0 atom stereocenters. The highest BCUT2D eigenvalue weighted by Gasteiger charge is 2.46. The van der Waals surface area contributed by atoms with Crippen molar-refractivity contribution < 1.29 is 4.79 Å². The first kappa shape index (κ1) is 9.45. The number of rotatable bonds is 2. The molecule has 1 aromatic carbocycles. The Morgan fingerprint density at radius 2 is 2.21 bits per heavy atom. The number of aryl methyl sites for hydroxylation is 1. The number of aliphatic imine (C=N–C) groups is 1. The zero-order valence-corrected chi connectivity index (χ0v) is 8.64. The van der Waals surface area contributed by atoms with E-state index in [1.807, 2.05) is 25.1 Å². The van der Waals surface area contributed by atoms with E-state index < -0.39 is 0 Å². The normalized spacial score (nSPS) is 17.3. The Bertz CT molecular complexity index is 417. The monoisotopic (exact) mass is 207 g/mol. The molecule has 1 aromatic rings. The number of benzene rings is 1.